The predicted molar refractivity (Wildman–Crippen MR) is 91.3 cm³/mol. The van der Waals surface area contributed by atoms with Crippen molar-refractivity contribution in [1.29, 1.82) is 0 Å². The lowest BCUT2D eigenvalue weighted by Crippen LogP contribution is -2.22. The average Bonchev–Trinajstić information content (AvgIpc) is 2.95. The fourth-order valence-electron chi connectivity index (χ4n) is 2.72. The number of hydrogen-bond donors (Lipinski definition) is 1. The Bertz CT molecular complexity index is 743. The van der Waals surface area contributed by atoms with Crippen molar-refractivity contribution in [3.63, 3.8) is 0 Å². The highest BCUT2D eigenvalue weighted by Gasteiger charge is 2.22. The van der Waals surface area contributed by atoms with E-state index in [1.165, 1.54) is 0 Å². The molecule has 0 spiro atoms. The third kappa shape index (κ3) is 3.45. The zero-order valence-corrected chi connectivity index (χ0v) is 14.7. The molecule has 0 fully saturated rings. The van der Waals surface area contributed by atoms with Crippen LogP contribution in [0.2, 0.25) is 0 Å². The number of hydrogen-bond acceptors (Lipinski definition) is 4. The molecule has 0 bridgehead atoms. The number of rotatable bonds is 3. The van der Waals surface area contributed by atoms with E-state index in [4.69, 9.17) is 9.15 Å². The van der Waals surface area contributed by atoms with Gasteiger partial charge in [0.25, 0.3) is 5.91 Å². The number of aromatic nitrogens is 1. The van der Waals surface area contributed by atoms with Crippen molar-refractivity contribution in [3.05, 3.63) is 47.2 Å². The van der Waals surface area contributed by atoms with Crippen LogP contribution in [0.5, 0.6) is 5.75 Å². The SMILES string of the molecule is CC(Oc1ccc2c(c1)CCCNC2=O)c1ncc(C(C)(C)C)o1. The minimum absolute atomic E-state index is 0.00961. The van der Waals surface area contributed by atoms with E-state index < -0.39 is 0 Å². The Kier molecular flexibility index (Phi) is 4.35. The first-order chi connectivity index (χ1) is 11.3. The Morgan fingerprint density at radius 3 is 2.83 bits per heavy atom. The van der Waals surface area contributed by atoms with E-state index in [2.05, 4.69) is 31.1 Å². The van der Waals surface area contributed by atoms with Gasteiger partial charge in [-0.2, -0.15) is 0 Å². The number of carbonyl (C=O) groups excluding carboxylic acids is 1. The van der Waals surface area contributed by atoms with Gasteiger partial charge in [0, 0.05) is 17.5 Å². The molecule has 2 heterocycles. The average molecular weight is 328 g/mol. The van der Waals surface area contributed by atoms with Gasteiger partial charge in [-0.15, -0.1) is 0 Å². The van der Waals surface area contributed by atoms with Gasteiger partial charge >= 0.3 is 0 Å². The maximum Gasteiger partial charge on any atom is 0.251 e. The molecule has 5 nitrogen and oxygen atoms in total. The summed E-state index contributed by atoms with van der Waals surface area (Å²) in [5, 5.41) is 2.90. The van der Waals surface area contributed by atoms with Gasteiger partial charge in [0.05, 0.1) is 6.20 Å². The molecule has 2 aromatic rings. The van der Waals surface area contributed by atoms with Crippen LogP contribution in [0, 0.1) is 0 Å². The van der Waals surface area contributed by atoms with Crippen molar-refractivity contribution < 1.29 is 13.9 Å². The van der Waals surface area contributed by atoms with Crippen molar-refractivity contribution >= 4 is 5.91 Å². The van der Waals surface area contributed by atoms with Crippen LogP contribution < -0.4 is 10.1 Å². The number of amides is 1. The molecular weight excluding hydrogens is 304 g/mol. The molecule has 1 aliphatic rings. The molecule has 0 saturated carbocycles. The van der Waals surface area contributed by atoms with E-state index in [0.29, 0.717) is 12.4 Å². The summed E-state index contributed by atoms with van der Waals surface area (Å²) in [6.07, 6.45) is 3.27. The number of nitrogens with zero attached hydrogens (tertiary/aromatic N) is 1. The van der Waals surface area contributed by atoms with E-state index >= 15 is 0 Å². The molecular formula is C19H24N2O3. The second kappa shape index (κ2) is 6.30. The lowest BCUT2D eigenvalue weighted by molar-refractivity contribution is 0.0956. The first kappa shape index (κ1) is 16.6. The van der Waals surface area contributed by atoms with Crippen molar-refractivity contribution in [3.8, 4) is 5.75 Å². The van der Waals surface area contributed by atoms with E-state index in [-0.39, 0.29) is 17.4 Å². The summed E-state index contributed by atoms with van der Waals surface area (Å²) in [4.78, 5) is 16.3. The minimum atomic E-state index is -0.293. The van der Waals surface area contributed by atoms with Crippen molar-refractivity contribution in [1.82, 2.24) is 10.3 Å². The normalized spacial score (nSPS) is 16.1. The van der Waals surface area contributed by atoms with Crippen molar-refractivity contribution in [2.24, 2.45) is 0 Å². The molecule has 1 aliphatic heterocycles. The second-order valence-corrected chi connectivity index (χ2v) is 7.25. The fourth-order valence-corrected chi connectivity index (χ4v) is 2.72. The molecule has 1 unspecified atom stereocenters. The minimum Gasteiger partial charge on any atom is -0.481 e. The summed E-state index contributed by atoms with van der Waals surface area (Å²) in [7, 11) is 0. The quantitative estimate of drug-likeness (QED) is 0.931. The largest absolute Gasteiger partial charge is 0.481 e. The molecule has 1 N–H and O–H groups in total. The summed E-state index contributed by atoms with van der Waals surface area (Å²) >= 11 is 0. The lowest BCUT2D eigenvalue weighted by atomic mass is 9.94. The van der Waals surface area contributed by atoms with E-state index in [9.17, 15) is 4.79 Å². The van der Waals surface area contributed by atoms with Crippen LogP contribution in [0.4, 0.5) is 0 Å². The van der Waals surface area contributed by atoms with Crippen LogP contribution in [0.25, 0.3) is 0 Å². The lowest BCUT2D eigenvalue weighted by Gasteiger charge is -2.15. The Labute approximate surface area is 142 Å². The monoisotopic (exact) mass is 328 g/mol. The number of carbonyl (C=O) groups is 1. The molecule has 5 heteroatoms. The number of nitrogens with one attached hydrogen (secondary N) is 1. The number of ether oxygens (including phenoxy) is 1. The van der Waals surface area contributed by atoms with Gasteiger partial charge < -0.3 is 14.5 Å². The maximum atomic E-state index is 12.0. The predicted octanol–water partition coefficient (Wildman–Crippen LogP) is 3.79. The highest BCUT2D eigenvalue weighted by atomic mass is 16.5. The molecule has 3 rings (SSSR count). The Morgan fingerprint density at radius 2 is 2.12 bits per heavy atom. The summed E-state index contributed by atoms with van der Waals surface area (Å²) < 4.78 is 11.8. The van der Waals surface area contributed by atoms with Crippen LogP contribution in [0.3, 0.4) is 0 Å². The van der Waals surface area contributed by atoms with Gasteiger partial charge in [-0.25, -0.2) is 4.98 Å². The van der Waals surface area contributed by atoms with E-state index in [1.54, 1.807) is 6.20 Å². The topological polar surface area (TPSA) is 64.4 Å². The molecule has 1 aromatic heterocycles. The highest BCUT2D eigenvalue weighted by molar-refractivity contribution is 5.96. The molecule has 0 saturated heterocycles. The van der Waals surface area contributed by atoms with Crippen molar-refractivity contribution in [2.75, 3.05) is 6.54 Å². The molecule has 1 amide bonds. The number of benzene rings is 1. The molecule has 0 aliphatic carbocycles. The number of aryl methyl sites for hydroxylation is 1. The standard InChI is InChI=1S/C19H24N2O3/c1-12(18-21-11-16(24-18)19(2,3)4)23-14-7-8-15-13(10-14)6-5-9-20-17(15)22/h7-8,10-12H,5-6,9H2,1-4H3,(H,20,22). The third-order valence-corrected chi connectivity index (χ3v) is 4.15. The molecule has 1 atom stereocenters. The van der Waals surface area contributed by atoms with Gasteiger partial charge in [0.15, 0.2) is 6.10 Å². The first-order valence-corrected chi connectivity index (χ1v) is 8.38. The zero-order valence-electron chi connectivity index (χ0n) is 14.7. The second-order valence-electron chi connectivity index (χ2n) is 7.25. The molecule has 1 aromatic carbocycles. The Balaban J connectivity index is 1.77. The highest BCUT2D eigenvalue weighted by Crippen LogP contribution is 2.28. The van der Waals surface area contributed by atoms with Gasteiger partial charge in [0.2, 0.25) is 5.89 Å². The van der Waals surface area contributed by atoms with Gasteiger partial charge in [-0.1, -0.05) is 20.8 Å². The van der Waals surface area contributed by atoms with Crippen LogP contribution >= 0.6 is 0 Å². The van der Waals surface area contributed by atoms with Crippen LogP contribution in [-0.4, -0.2) is 17.4 Å². The Hall–Kier alpha value is -2.30. The van der Waals surface area contributed by atoms with Crippen molar-refractivity contribution in [2.45, 2.75) is 52.1 Å². The van der Waals surface area contributed by atoms with Crippen LogP contribution in [-0.2, 0) is 11.8 Å². The summed E-state index contributed by atoms with van der Waals surface area (Å²) in [6.45, 7) is 8.88. The van der Waals surface area contributed by atoms with Crippen LogP contribution in [0.1, 0.15) is 67.8 Å². The zero-order chi connectivity index (χ0) is 17.3. The summed E-state index contributed by atoms with van der Waals surface area (Å²) in [5.41, 5.74) is 1.68. The van der Waals surface area contributed by atoms with Gasteiger partial charge in [0.1, 0.15) is 11.5 Å². The summed E-state index contributed by atoms with van der Waals surface area (Å²) in [6, 6.07) is 5.60. The van der Waals surface area contributed by atoms with Gasteiger partial charge in [-0.05, 0) is 43.5 Å². The molecule has 24 heavy (non-hydrogen) atoms. The van der Waals surface area contributed by atoms with E-state index in [0.717, 1.165) is 35.5 Å². The third-order valence-electron chi connectivity index (χ3n) is 4.15. The smallest absolute Gasteiger partial charge is 0.251 e. The molecule has 0 radical (unpaired) electrons. The molecule has 128 valence electrons. The maximum absolute atomic E-state index is 12.0. The summed E-state index contributed by atoms with van der Waals surface area (Å²) in [5.74, 6) is 2.12. The Morgan fingerprint density at radius 1 is 1.33 bits per heavy atom. The van der Waals surface area contributed by atoms with Crippen LogP contribution in [0.15, 0.2) is 28.8 Å². The van der Waals surface area contributed by atoms with Gasteiger partial charge in [-0.3, -0.25) is 4.79 Å². The number of fused-ring (bicyclic) bond motifs is 1. The first-order valence-electron chi connectivity index (χ1n) is 8.38. The van der Waals surface area contributed by atoms with E-state index in [1.807, 2.05) is 25.1 Å². The number of oxazole rings is 1. The fraction of sp³-hybridized carbons (Fsp3) is 0.474.